The number of hydrogen-bond donors (Lipinski definition) is 1. The summed E-state index contributed by atoms with van der Waals surface area (Å²) in [5, 5.41) is 0.776. The summed E-state index contributed by atoms with van der Waals surface area (Å²) in [6, 6.07) is 10.2. The number of piperidine rings is 1. The molecule has 1 aliphatic heterocycles. The van der Waals surface area contributed by atoms with E-state index in [1.807, 2.05) is 36.9 Å². The fourth-order valence-electron chi connectivity index (χ4n) is 3.34. The van der Waals surface area contributed by atoms with Crippen molar-refractivity contribution in [2.45, 2.75) is 38.3 Å². The third-order valence-electron chi connectivity index (χ3n) is 4.98. The van der Waals surface area contributed by atoms with Gasteiger partial charge in [-0.3, -0.25) is 9.59 Å². The highest BCUT2D eigenvalue weighted by molar-refractivity contribution is 7.99. The van der Waals surface area contributed by atoms with E-state index in [9.17, 15) is 9.59 Å². The summed E-state index contributed by atoms with van der Waals surface area (Å²) in [5.41, 5.74) is 3.26. The van der Waals surface area contributed by atoms with Crippen LogP contribution in [-0.4, -0.2) is 52.2 Å². The summed E-state index contributed by atoms with van der Waals surface area (Å²) < 4.78 is 5.08. The molecule has 2 aromatic rings. The number of aromatic nitrogens is 2. The SMILES string of the molecule is CCOC(=O)C1CCN(C(=O)CSc2nc(Cc3ccccc3)c(C)[nH]2)CC1. The van der Waals surface area contributed by atoms with Crippen molar-refractivity contribution in [2.24, 2.45) is 5.92 Å². The minimum atomic E-state index is -0.138. The van der Waals surface area contributed by atoms with Gasteiger partial charge in [0.15, 0.2) is 5.16 Å². The summed E-state index contributed by atoms with van der Waals surface area (Å²) in [5.74, 6) is 0.221. The van der Waals surface area contributed by atoms with E-state index in [4.69, 9.17) is 4.74 Å². The van der Waals surface area contributed by atoms with E-state index in [-0.39, 0.29) is 17.8 Å². The Balaban J connectivity index is 1.47. The highest BCUT2D eigenvalue weighted by Crippen LogP contribution is 2.22. The van der Waals surface area contributed by atoms with Gasteiger partial charge in [0.25, 0.3) is 0 Å². The van der Waals surface area contributed by atoms with E-state index < -0.39 is 0 Å². The molecule has 6 nitrogen and oxygen atoms in total. The van der Waals surface area contributed by atoms with Gasteiger partial charge in [0.2, 0.25) is 5.91 Å². The Labute approximate surface area is 170 Å². The number of imidazole rings is 1. The van der Waals surface area contributed by atoms with Crippen LogP contribution in [0.1, 0.15) is 36.7 Å². The van der Waals surface area contributed by atoms with Crippen LogP contribution in [0.25, 0.3) is 0 Å². The van der Waals surface area contributed by atoms with Gasteiger partial charge in [-0.2, -0.15) is 0 Å². The van der Waals surface area contributed by atoms with Crippen LogP contribution in [0.2, 0.25) is 0 Å². The normalized spacial score (nSPS) is 14.9. The maximum atomic E-state index is 12.5. The second kappa shape index (κ2) is 9.78. The molecule has 0 saturated carbocycles. The Bertz CT molecular complexity index is 798. The first-order chi connectivity index (χ1) is 13.6. The number of carbonyl (C=O) groups is 2. The van der Waals surface area contributed by atoms with Crippen molar-refractivity contribution in [3.8, 4) is 0 Å². The Morgan fingerprint density at radius 2 is 1.96 bits per heavy atom. The number of benzene rings is 1. The van der Waals surface area contributed by atoms with Crippen molar-refractivity contribution in [1.29, 1.82) is 0 Å². The molecule has 2 heterocycles. The van der Waals surface area contributed by atoms with Crippen LogP contribution in [0.4, 0.5) is 0 Å². The number of ether oxygens (including phenoxy) is 1. The zero-order chi connectivity index (χ0) is 19.9. The lowest BCUT2D eigenvalue weighted by Gasteiger charge is -2.30. The van der Waals surface area contributed by atoms with E-state index in [0.717, 1.165) is 23.0 Å². The van der Waals surface area contributed by atoms with Gasteiger partial charge in [0, 0.05) is 25.2 Å². The number of aryl methyl sites for hydroxylation is 1. The number of carbonyl (C=O) groups excluding carboxylic acids is 2. The number of amides is 1. The van der Waals surface area contributed by atoms with Gasteiger partial charge in [-0.15, -0.1) is 0 Å². The summed E-state index contributed by atoms with van der Waals surface area (Å²) in [4.78, 5) is 34.1. The van der Waals surface area contributed by atoms with Crippen LogP contribution < -0.4 is 0 Å². The number of rotatable bonds is 7. The molecule has 150 valence electrons. The lowest BCUT2D eigenvalue weighted by atomic mass is 9.97. The van der Waals surface area contributed by atoms with Gasteiger partial charge in [0.05, 0.1) is 24.0 Å². The Kier molecular flexibility index (Phi) is 7.14. The first-order valence-corrected chi connectivity index (χ1v) is 10.7. The molecule has 1 aliphatic rings. The molecule has 1 amide bonds. The number of aromatic amines is 1. The third kappa shape index (κ3) is 5.38. The maximum Gasteiger partial charge on any atom is 0.309 e. The molecular formula is C21H27N3O3S. The van der Waals surface area contributed by atoms with E-state index >= 15 is 0 Å². The lowest BCUT2D eigenvalue weighted by molar-refractivity contribution is -0.151. The molecule has 0 bridgehead atoms. The van der Waals surface area contributed by atoms with Crippen molar-refractivity contribution in [3.05, 3.63) is 47.3 Å². The fraction of sp³-hybridized carbons (Fsp3) is 0.476. The van der Waals surface area contributed by atoms with Gasteiger partial charge in [0.1, 0.15) is 0 Å². The van der Waals surface area contributed by atoms with Crippen molar-refractivity contribution in [1.82, 2.24) is 14.9 Å². The molecule has 28 heavy (non-hydrogen) atoms. The molecule has 3 rings (SSSR count). The van der Waals surface area contributed by atoms with Gasteiger partial charge in [-0.25, -0.2) is 4.98 Å². The molecule has 0 unspecified atom stereocenters. The number of nitrogens with zero attached hydrogens (tertiary/aromatic N) is 2. The van der Waals surface area contributed by atoms with Crippen molar-refractivity contribution < 1.29 is 14.3 Å². The molecule has 1 saturated heterocycles. The quantitative estimate of drug-likeness (QED) is 0.570. The smallest absolute Gasteiger partial charge is 0.309 e. The zero-order valence-electron chi connectivity index (χ0n) is 16.4. The second-order valence-electron chi connectivity index (χ2n) is 6.97. The fourth-order valence-corrected chi connectivity index (χ4v) is 4.19. The Hall–Kier alpha value is -2.28. The molecule has 0 radical (unpaired) electrons. The average molecular weight is 402 g/mol. The second-order valence-corrected chi connectivity index (χ2v) is 7.94. The minimum absolute atomic E-state index is 0.0788. The van der Waals surface area contributed by atoms with Crippen LogP contribution in [0.3, 0.4) is 0 Å². The summed E-state index contributed by atoms with van der Waals surface area (Å²) in [7, 11) is 0. The number of nitrogens with one attached hydrogen (secondary N) is 1. The van der Waals surface area contributed by atoms with Gasteiger partial charge < -0.3 is 14.6 Å². The van der Waals surface area contributed by atoms with Crippen LogP contribution in [0.15, 0.2) is 35.5 Å². The summed E-state index contributed by atoms with van der Waals surface area (Å²) in [6.07, 6.45) is 2.13. The van der Waals surface area contributed by atoms with Crippen molar-refractivity contribution in [2.75, 3.05) is 25.4 Å². The predicted molar refractivity (Wildman–Crippen MR) is 109 cm³/mol. The number of thioether (sulfide) groups is 1. The van der Waals surface area contributed by atoms with Crippen molar-refractivity contribution >= 4 is 23.6 Å². The predicted octanol–water partition coefficient (Wildman–Crippen LogP) is 3.20. The molecule has 1 N–H and O–H groups in total. The maximum absolute atomic E-state index is 12.5. The molecule has 0 aliphatic carbocycles. The van der Waals surface area contributed by atoms with E-state index in [1.54, 1.807) is 0 Å². The lowest BCUT2D eigenvalue weighted by Crippen LogP contribution is -2.41. The molecule has 1 aromatic carbocycles. The first kappa shape index (κ1) is 20.5. The van der Waals surface area contributed by atoms with Crippen molar-refractivity contribution in [3.63, 3.8) is 0 Å². The Morgan fingerprint density at radius 1 is 1.25 bits per heavy atom. The van der Waals surface area contributed by atoms with E-state index in [1.165, 1.54) is 17.3 Å². The van der Waals surface area contributed by atoms with Crippen LogP contribution in [-0.2, 0) is 20.7 Å². The van der Waals surface area contributed by atoms with Gasteiger partial charge in [-0.05, 0) is 32.3 Å². The zero-order valence-corrected chi connectivity index (χ0v) is 17.3. The van der Waals surface area contributed by atoms with Gasteiger partial charge >= 0.3 is 5.97 Å². The number of H-pyrrole nitrogens is 1. The highest BCUT2D eigenvalue weighted by atomic mass is 32.2. The molecule has 7 heteroatoms. The monoisotopic (exact) mass is 401 g/mol. The number of hydrogen-bond acceptors (Lipinski definition) is 5. The summed E-state index contributed by atoms with van der Waals surface area (Å²) in [6.45, 7) is 5.45. The molecule has 1 aromatic heterocycles. The van der Waals surface area contributed by atoms with Gasteiger partial charge in [-0.1, -0.05) is 42.1 Å². The molecule has 1 fully saturated rings. The number of esters is 1. The van der Waals surface area contributed by atoms with E-state index in [0.29, 0.717) is 38.3 Å². The molecular weight excluding hydrogens is 374 g/mol. The van der Waals surface area contributed by atoms with E-state index in [2.05, 4.69) is 22.1 Å². The topological polar surface area (TPSA) is 75.3 Å². The standard InChI is InChI=1S/C21H27N3O3S/c1-3-27-20(26)17-9-11-24(12-10-17)19(25)14-28-21-22-15(2)18(23-21)13-16-7-5-4-6-8-16/h4-8,17H,3,9-14H2,1-2H3,(H,22,23). The van der Waals surface area contributed by atoms with Crippen LogP contribution >= 0.6 is 11.8 Å². The third-order valence-corrected chi connectivity index (χ3v) is 5.84. The average Bonchev–Trinajstić information content (AvgIpc) is 3.06. The molecule has 0 spiro atoms. The minimum Gasteiger partial charge on any atom is -0.466 e. The Morgan fingerprint density at radius 3 is 2.64 bits per heavy atom. The molecule has 0 atom stereocenters. The van der Waals surface area contributed by atoms with Crippen LogP contribution in [0.5, 0.6) is 0 Å². The summed E-state index contributed by atoms with van der Waals surface area (Å²) >= 11 is 1.43. The number of likely N-dealkylation sites (tertiary alicyclic amines) is 1. The van der Waals surface area contributed by atoms with Crippen LogP contribution in [0, 0.1) is 12.8 Å². The first-order valence-electron chi connectivity index (χ1n) is 9.73. The largest absolute Gasteiger partial charge is 0.466 e. The highest BCUT2D eigenvalue weighted by Gasteiger charge is 2.28.